The van der Waals surface area contributed by atoms with Crippen LogP contribution in [0.4, 0.5) is 0 Å². The second-order valence-electron chi connectivity index (χ2n) is 4.39. The molecule has 0 aliphatic rings. The lowest BCUT2D eigenvalue weighted by molar-refractivity contribution is 0.0766. The normalized spacial score (nSPS) is 10.4. The standard InChI is InChI=1S/C14H18N4O/c1-3-18(9-6-12-4-7-15-8-5-12)14(19)13-10-16-17(2)11-13/h4-5,7-8,10-11H,3,6,9H2,1-2H3. The minimum Gasteiger partial charge on any atom is -0.338 e. The average Bonchev–Trinajstić information content (AvgIpc) is 2.87. The topological polar surface area (TPSA) is 51.0 Å². The van der Waals surface area contributed by atoms with E-state index in [1.165, 1.54) is 5.56 Å². The number of hydrogen-bond donors (Lipinski definition) is 0. The van der Waals surface area contributed by atoms with Crippen molar-refractivity contribution in [2.75, 3.05) is 13.1 Å². The number of hydrogen-bond acceptors (Lipinski definition) is 3. The lowest BCUT2D eigenvalue weighted by Gasteiger charge is -2.20. The van der Waals surface area contributed by atoms with Crippen LogP contribution in [0.1, 0.15) is 22.8 Å². The Morgan fingerprint density at radius 3 is 2.68 bits per heavy atom. The highest BCUT2D eigenvalue weighted by Gasteiger charge is 2.15. The number of carbonyl (C=O) groups is 1. The smallest absolute Gasteiger partial charge is 0.257 e. The third kappa shape index (κ3) is 3.40. The van der Waals surface area contributed by atoms with Gasteiger partial charge < -0.3 is 4.90 Å². The number of aryl methyl sites for hydroxylation is 1. The van der Waals surface area contributed by atoms with Gasteiger partial charge in [0.2, 0.25) is 0 Å². The Kier molecular flexibility index (Phi) is 4.28. The summed E-state index contributed by atoms with van der Waals surface area (Å²) >= 11 is 0. The Labute approximate surface area is 112 Å². The van der Waals surface area contributed by atoms with Gasteiger partial charge >= 0.3 is 0 Å². The van der Waals surface area contributed by atoms with E-state index in [9.17, 15) is 4.79 Å². The summed E-state index contributed by atoms with van der Waals surface area (Å²) in [6.07, 6.45) is 7.74. The average molecular weight is 258 g/mol. The maximum Gasteiger partial charge on any atom is 0.257 e. The largest absolute Gasteiger partial charge is 0.338 e. The Morgan fingerprint density at radius 1 is 1.37 bits per heavy atom. The Bertz CT molecular complexity index is 535. The number of rotatable bonds is 5. The van der Waals surface area contributed by atoms with Gasteiger partial charge in [0.05, 0.1) is 11.8 Å². The monoisotopic (exact) mass is 258 g/mol. The molecule has 0 fully saturated rings. The molecule has 100 valence electrons. The minimum atomic E-state index is 0.0321. The first-order valence-corrected chi connectivity index (χ1v) is 6.37. The lowest BCUT2D eigenvalue weighted by Crippen LogP contribution is -2.32. The van der Waals surface area contributed by atoms with Gasteiger partial charge in [-0.25, -0.2) is 0 Å². The molecule has 0 spiro atoms. The molecule has 0 saturated carbocycles. The quantitative estimate of drug-likeness (QED) is 0.817. The van der Waals surface area contributed by atoms with Gasteiger partial charge in [-0.3, -0.25) is 14.5 Å². The first-order valence-electron chi connectivity index (χ1n) is 6.37. The molecule has 0 aromatic carbocycles. The van der Waals surface area contributed by atoms with Crippen LogP contribution in [0.15, 0.2) is 36.9 Å². The van der Waals surface area contributed by atoms with Gasteiger partial charge in [0, 0.05) is 38.7 Å². The van der Waals surface area contributed by atoms with Crippen molar-refractivity contribution in [3.63, 3.8) is 0 Å². The Hall–Kier alpha value is -2.17. The van der Waals surface area contributed by atoms with Crippen LogP contribution in [0.3, 0.4) is 0 Å². The van der Waals surface area contributed by atoms with Crippen LogP contribution < -0.4 is 0 Å². The molecule has 0 aliphatic carbocycles. The molecule has 2 aromatic heterocycles. The van der Waals surface area contributed by atoms with Gasteiger partial charge in [0.25, 0.3) is 5.91 Å². The van der Waals surface area contributed by atoms with Crippen molar-refractivity contribution in [3.8, 4) is 0 Å². The van der Waals surface area contributed by atoms with E-state index in [2.05, 4.69) is 10.1 Å². The van der Waals surface area contributed by atoms with E-state index in [0.717, 1.165) is 6.42 Å². The number of carbonyl (C=O) groups excluding carboxylic acids is 1. The van der Waals surface area contributed by atoms with Gasteiger partial charge in [-0.2, -0.15) is 5.10 Å². The second-order valence-corrected chi connectivity index (χ2v) is 4.39. The number of nitrogens with zero attached hydrogens (tertiary/aromatic N) is 4. The molecule has 5 heteroatoms. The zero-order chi connectivity index (χ0) is 13.7. The third-order valence-electron chi connectivity index (χ3n) is 3.04. The summed E-state index contributed by atoms with van der Waals surface area (Å²) in [5, 5.41) is 4.03. The van der Waals surface area contributed by atoms with E-state index in [4.69, 9.17) is 0 Å². The number of pyridine rings is 1. The molecular weight excluding hydrogens is 240 g/mol. The van der Waals surface area contributed by atoms with Gasteiger partial charge in [0.1, 0.15) is 0 Å². The molecule has 0 saturated heterocycles. The summed E-state index contributed by atoms with van der Waals surface area (Å²) in [7, 11) is 1.81. The van der Waals surface area contributed by atoms with Crippen LogP contribution in [0.25, 0.3) is 0 Å². The van der Waals surface area contributed by atoms with Crippen molar-refractivity contribution in [1.29, 1.82) is 0 Å². The van der Waals surface area contributed by atoms with Crippen LogP contribution in [0.5, 0.6) is 0 Å². The maximum absolute atomic E-state index is 12.3. The fourth-order valence-electron chi connectivity index (χ4n) is 1.93. The second kappa shape index (κ2) is 6.13. The summed E-state index contributed by atoms with van der Waals surface area (Å²) in [5.74, 6) is 0.0321. The van der Waals surface area contributed by atoms with Crippen molar-refractivity contribution in [3.05, 3.63) is 48.0 Å². The van der Waals surface area contributed by atoms with Crippen molar-refractivity contribution >= 4 is 5.91 Å². The molecule has 2 heterocycles. The Morgan fingerprint density at radius 2 is 2.11 bits per heavy atom. The summed E-state index contributed by atoms with van der Waals surface area (Å²) in [6, 6.07) is 3.95. The van der Waals surface area contributed by atoms with Crippen LogP contribution >= 0.6 is 0 Å². The number of likely N-dealkylation sites (N-methyl/N-ethyl adjacent to an activating group) is 1. The van der Waals surface area contributed by atoms with E-state index < -0.39 is 0 Å². The SMILES string of the molecule is CCN(CCc1ccncc1)C(=O)c1cnn(C)c1. The van der Waals surface area contributed by atoms with Crippen molar-refractivity contribution < 1.29 is 4.79 Å². The molecule has 0 unspecified atom stereocenters. The first-order chi connectivity index (χ1) is 9.20. The zero-order valence-electron chi connectivity index (χ0n) is 11.3. The van der Waals surface area contributed by atoms with Crippen LogP contribution in [-0.4, -0.2) is 38.7 Å². The van der Waals surface area contributed by atoms with Crippen molar-refractivity contribution in [2.45, 2.75) is 13.3 Å². The maximum atomic E-state index is 12.3. The fourth-order valence-corrected chi connectivity index (χ4v) is 1.93. The molecule has 5 nitrogen and oxygen atoms in total. The molecule has 0 N–H and O–H groups in total. The molecule has 0 bridgehead atoms. The molecule has 1 amide bonds. The highest BCUT2D eigenvalue weighted by molar-refractivity contribution is 5.93. The van der Waals surface area contributed by atoms with Crippen molar-refractivity contribution in [2.24, 2.45) is 7.05 Å². The Balaban J connectivity index is 1.98. The third-order valence-corrected chi connectivity index (χ3v) is 3.04. The van der Waals surface area contributed by atoms with E-state index in [-0.39, 0.29) is 5.91 Å². The first kappa shape index (κ1) is 13.3. The van der Waals surface area contributed by atoms with Gasteiger partial charge in [-0.05, 0) is 31.0 Å². The highest BCUT2D eigenvalue weighted by atomic mass is 16.2. The predicted molar refractivity (Wildman–Crippen MR) is 72.7 cm³/mol. The molecule has 19 heavy (non-hydrogen) atoms. The van der Waals surface area contributed by atoms with Crippen LogP contribution in [0.2, 0.25) is 0 Å². The van der Waals surface area contributed by atoms with E-state index in [1.807, 2.05) is 31.0 Å². The van der Waals surface area contributed by atoms with Crippen molar-refractivity contribution in [1.82, 2.24) is 19.7 Å². The summed E-state index contributed by atoms with van der Waals surface area (Å²) in [4.78, 5) is 18.1. The van der Waals surface area contributed by atoms with E-state index >= 15 is 0 Å². The van der Waals surface area contributed by atoms with Gasteiger partial charge in [-0.1, -0.05) is 0 Å². The summed E-state index contributed by atoms with van der Waals surface area (Å²) < 4.78 is 1.64. The number of amides is 1. The van der Waals surface area contributed by atoms with Gasteiger partial charge in [-0.15, -0.1) is 0 Å². The lowest BCUT2D eigenvalue weighted by atomic mass is 10.2. The highest BCUT2D eigenvalue weighted by Crippen LogP contribution is 2.06. The van der Waals surface area contributed by atoms with E-state index in [1.54, 1.807) is 29.5 Å². The molecule has 2 aromatic rings. The molecule has 0 atom stereocenters. The number of aromatic nitrogens is 3. The molecular formula is C14H18N4O. The van der Waals surface area contributed by atoms with Crippen LogP contribution in [-0.2, 0) is 13.5 Å². The zero-order valence-corrected chi connectivity index (χ0v) is 11.3. The molecule has 0 radical (unpaired) electrons. The van der Waals surface area contributed by atoms with Gasteiger partial charge in [0.15, 0.2) is 0 Å². The predicted octanol–water partition coefficient (Wildman–Crippen LogP) is 1.52. The molecule has 2 rings (SSSR count). The summed E-state index contributed by atoms with van der Waals surface area (Å²) in [6.45, 7) is 3.38. The fraction of sp³-hybridized carbons (Fsp3) is 0.357. The summed E-state index contributed by atoms with van der Waals surface area (Å²) in [5.41, 5.74) is 1.83. The van der Waals surface area contributed by atoms with E-state index in [0.29, 0.717) is 18.7 Å². The minimum absolute atomic E-state index is 0.0321. The van der Waals surface area contributed by atoms with Crippen LogP contribution in [0, 0.1) is 0 Å². The molecule has 0 aliphatic heterocycles.